The summed E-state index contributed by atoms with van der Waals surface area (Å²) in [6, 6.07) is 0.608. The fourth-order valence-corrected chi connectivity index (χ4v) is 2.43. The number of unbranched alkanes of at least 4 members (excludes halogenated alkanes) is 1. The molecule has 1 unspecified atom stereocenters. The van der Waals surface area contributed by atoms with Crippen molar-refractivity contribution >= 4 is 0 Å². The number of hydrogen-bond acceptors (Lipinski definition) is 2. The lowest BCUT2D eigenvalue weighted by Gasteiger charge is -2.31. The molecule has 0 aliphatic heterocycles. The highest BCUT2D eigenvalue weighted by Crippen LogP contribution is 2.48. The van der Waals surface area contributed by atoms with Crippen molar-refractivity contribution < 1.29 is 4.74 Å². The first-order valence-corrected chi connectivity index (χ1v) is 6.81. The van der Waals surface area contributed by atoms with E-state index in [-0.39, 0.29) is 0 Å². The van der Waals surface area contributed by atoms with E-state index in [0.29, 0.717) is 11.5 Å². The molecule has 0 amide bonds. The molecule has 1 aliphatic rings. The molecule has 0 radical (unpaired) electrons. The van der Waals surface area contributed by atoms with E-state index in [9.17, 15) is 0 Å². The lowest BCUT2D eigenvalue weighted by atomic mass is 9.79. The first-order chi connectivity index (χ1) is 7.58. The maximum absolute atomic E-state index is 5.12. The second kappa shape index (κ2) is 6.61. The van der Waals surface area contributed by atoms with Crippen LogP contribution < -0.4 is 5.32 Å². The minimum absolute atomic E-state index is 0.526. The van der Waals surface area contributed by atoms with E-state index < -0.39 is 0 Å². The first kappa shape index (κ1) is 14.0. The minimum Gasteiger partial charge on any atom is -0.385 e. The predicted octanol–water partition coefficient (Wildman–Crippen LogP) is 3.22. The Morgan fingerprint density at radius 3 is 2.50 bits per heavy atom. The zero-order valence-corrected chi connectivity index (χ0v) is 11.5. The second-order valence-electron chi connectivity index (χ2n) is 5.91. The van der Waals surface area contributed by atoms with E-state index in [1.54, 1.807) is 7.11 Å². The third-order valence-electron chi connectivity index (χ3n) is 3.82. The van der Waals surface area contributed by atoms with Gasteiger partial charge >= 0.3 is 0 Å². The molecule has 1 aliphatic carbocycles. The van der Waals surface area contributed by atoms with Gasteiger partial charge in [-0.1, -0.05) is 27.2 Å². The molecule has 2 nitrogen and oxygen atoms in total. The highest BCUT2D eigenvalue weighted by molar-refractivity contribution is 4.92. The zero-order chi connectivity index (χ0) is 12.0. The van der Waals surface area contributed by atoms with Gasteiger partial charge in [-0.05, 0) is 37.0 Å². The van der Waals surface area contributed by atoms with Crippen molar-refractivity contribution in [1.82, 2.24) is 5.32 Å². The van der Waals surface area contributed by atoms with Crippen molar-refractivity contribution in [1.29, 1.82) is 0 Å². The van der Waals surface area contributed by atoms with Gasteiger partial charge in [0.1, 0.15) is 0 Å². The Kier molecular flexibility index (Phi) is 5.77. The third kappa shape index (κ3) is 4.84. The Morgan fingerprint density at radius 1 is 1.31 bits per heavy atom. The van der Waals surface area contributed by atoms with Crippen LogP contribution in [-0.2, 0) is 4.74 Å². The normalized spacial score (nSPS) is 20.1. The molecule has 1 rings (SSSR count). The Hall–Kier alpha value is -0.0800. The van der Waals surface area contributed by atoms with Gasteiger partial charge in [0.25, 0.3) is 0 Å². The van der Waals surface area contributed by atoms with E-state index in [0.717, 1.165) is 12.5 Å². The van der Waals surface area contributed by atoms with Crippen LogP contribution in [0.1, 0.15) is 52.9 Å². The van der Waals surface area contributed by atoms with Gasteiger partial charge < -0.3 is 10.1 Å². The molecule has 0 aromatic rings. The van der Waals surface area contributed by atoms with Gasteiger partial charge in [-0.15, -0.1) is 0 Å². The molecule has 0 bridgehead atoms. The third-order valence-corrected chi connectivity index (χ3v) is 3.82. The van der Waals surface area contributed by atoms with Crippen LogP contribution in [0.2, 0.25) is 0 Å². The summed E-state index contributed by atoms with van der Waals surface area (Å²) >= 11 is 0. The van der Waals surface area contributed by atoms with Gasteiger partial charge in [-0.2, -0.15) is 0 Å². The van der Waals surface area contributed by atoms with E-state index in [1.165, 1.54) is 38.6 Å². The summed E-state index contributed by atoms with van der Waals surface area (Å²) in [7, 11) is 1.79. The molecular formula is C14H29NO. The number of ether oxygens (including phenoxy) is 1. The summed E-state index contributed by atoms with van der Waals surface area (Å²) < 4.78 is 5.12. The summed E-state index contributed by atoms with van der Waals surface area (Å²) in [5.41, 5.74) is 0.526. The lowest BCUT2D eigenvalue weighted by molar-refractivity contribution is 0.175. The van der Waals surface area contributed by atoms with E-state index in [4.69, 9.17) is 4.74 Å². The molecule has 16 heavy (non-hydrogen) atoms. The summed E-state index contributed by atoms with van der Waals surface area (Å²) in [6.45, 7) is 9.03. The molecule has 1 saturated carbocycles. The van der Waals surface area contributed by atoms with Crippen LogP contribution in [0.4, 0.5) is 0 Å². The van der Waals surface area contributed by atoms with Crippen molar-refractivity contribution in [2.75, 3.05) is 20.3 Å². The molecule has 1 N–H and O–H groups in total. The van der Waals surface area contributed by atoms with Crippen LogP contribution in [0.15, 0.2) is 0 Å². The monoisotopic (exact) mass is 227 g/mol. The summed E-state index contributed by atoms with van der Waals surface area (Å²) in [6.07, 6.45) is 6.75. The number of rotatable bonds is 9. The van der Waals surface area contributed by atoms with Crippen LogP contribution in [0.25, 0.3) is 0 Å². The van der Waals surface area contributed by atoms with Crippen LogP contribution in [0.5, 0.6) is 0 Å². The number of nitrogens with one attached hydrogen (secondary N) is 1. The topological polar surface area (TPSA) is 21.3 Å². The van der Waals surface area contributed by atoms with E-state index >= 15 is 0 Å². The molecule has 0 heterocycles. The number of methoxy groups -OCH3 is 1. The highest BCUT2D eigenvalue weighted by atomic mass is 16.5. The average Bonchev–Trinajstić information content (AvgIpc) is 3.05. The standard InChI is InChI=1S/C14H29NO/c1-12(2)15-11-14(3,13-7-8-13)9-5-6-10-16-4/h12-13,15H,5-11H2,1-4H3. The van der Waals surface area contributed by atoms with Crippen molar-refractivity contribution in [3.63, 3.8) is 0 Å². The van der Waals surface area contributed by atoms with Gasteiger partial charge in [0.05, 0.1) is 0 Å². The Labute approximate surface area is 101 Å². The van der Waals surface area contributed by atoms with Crippen LogP contribution in [-0.4, -0.2) is 26.3 Å². The largest absolute Gasteiger partial charge is 0.385 e. The molecule has 0 aromatic carbocycles. The van der Waals surface area contributed by atoms with Crippen LogP contribution >= 0.6 is 0 Å². The maximum atomic E-state index is 5.12. The lowest BCUT2D eigenvalue weighted by Crippen LogP contribution is -2.37. The summed E-state index contributed by atoms with van der Waals surface area (Å²) in [5, 5.41) is 3.62. The molecule has 0 saturated heterocycles. The van der Waals surface area contributed by atoms with E-state index in [1.807, 2.05) is 0 Å². The zero-order valence-electron chi connectivity index (χ0n) is 11.5. The van der Waals surface area contributed by atoms with Crippen LogP contribution in [0, 0.1) is 11.3 Å². The summed E-state index contributed by atoms with van der Waals surface area (Å²) in [5.74, 6) is 0.973. The van der Waals surface area contributed by atoms with Crippen molar-refractivity contribution in [2.24, 2.45) is 11.3 Å². The van der Waals surface area contributed by atoms with Crippen molar-refractivity contribution in [3.8, 4) is 0 Å². The first-order valence-electron chi connectivity index (χ1n) is 6.81. The molecule has 2 heteroatoms. The molecule has 0 spiro atoms. The Bertz CT molecular complexity index is 189. The van der Waals surface area contributed by atoms with Gasteiger partial charge in [0.15, 0.2) is 0 Å². The minimum atomic E-state index is 0.526. The fourth-order valence-electron chi connectivity index (χ4n) is 2.43. The Morgan fingerprint density at radius 2 is 2.00 bits per heavy atom. The van der Waals surface area contributed by atoms with Crippen molar-refractivity contribution in [3.05, 3.63) is 0 Å². The molecule has 1 fully saturated rings. The Balaban J connectivity index is 2.27. The van der Waals surface area contributed by atoms with Gasteiger partial charge in [-0.3, -0.25) is 0 Å². The SMILES string of the molecule is COCCCCC(C)(CNC(C)C)C1CC1. The van der Waals surface area contributed by atoms with E-state index in [2.05, 4.69) is 26.1 Å². The average molecular weight is 227 g/mol. The molecule has 1 atom stereocenters. The van der Waals surface area contributed by atoms with Gasteiger partial charge in [0, 0.05) is 26.3 Å². The molecule has 96 valence electrons. The van der Waals surface area contributed by atoms with Crippen LogP contribution in [0.3, 0.4) is 0 Å². The molecule has 0 aromatic heterocycles. The number of hydrogen-bond donors (Lipinski definition) is 1. The smallest absolute Gasteiger partial charge is 0.0462 e. The fraction of sp³-hybridized carbons (Fsp3) is 1.00. The summed E-state index contributed by atoms with van der Waals surface area (Å²) in [4.78, 5) is 0. The highest BCUT2D eigenvalue weighted by Gasteiger charge is 2.40. The predicted molar refractivity (Wildman–Crippen MR) is 69.7 cm³/mol. The quantitative estimate of drug-likeness (QED) is 0.611. The molecular weight excluding hydrogens is 198 g/mol. The van der Waals surface area contributed by atoms with Gasteiger partial charge in [-0.25, -0.2) is 0 Å². The second-order valence-corrected chi connectivity index (χ2v) is 5.91. The van der Waals surface area contributed by atoms with Crippen molar-refractivity contribution in [2.45, 2.75) is 58.9 Å². The maximum Gasteiger partial charge on any atom is 0.0462 e. The van der Waals surface area contributed by atoms with Gasteiger partial charge in [0.2, 0.25) is 0 Å².